The van der Waals surface area contributed by atoms with Gasteiger partial charge in [0.05, 0.1) is 23.3 Å². The predicted octanol–water partition coefficient (Wildman–Crippen LogP) is 12.2. The maximum atomic E-state index is 5.06. The quantitative estimate of drug-likeness (QED) is 0.138. The van der Waals surface area contributed by atoms with Gasteiger partial charge in [-0.05, 0) is 59.3 Å². The van der Waals surface area contributed by atoms with E-state index in [1.807, 2.05) is 48.5 Å². The number of rotatable bonds is 0. The maximum absolute atomic E-state index is 5.06. The number of hydrogen-bond donors (Lipinski definition) is 0. The normalized spacial score (nSPS) is 11.9. The second-order valence-corrected chi connectivity index (χ2v) is 17.8. The van der Waals surface area contributed by atoms with Crippen molar-refractivity contribution in [2.24, 2.45) is 0 Å². The first-order chi connectivity index (χ1) is 23.0. The van der Waals surface area contributed by atoms with Gasteiger partial charge in [0.15, 0.2) is 0 Å². The van der Waals surface area contributed by atoms with Crippen molar-refractivity contribution in [3.8, 4) is 45.6 Å². The molecule has 2 aliphatic rings. The van der Waals surface area contributed by atoms with Crippen molar-refractivity contribution in [3.05, 3.63) is 84.3 Å². The average Bonchev–Trinajstić information content (AvgIpc) is 3.72. The van der Waals surface area contributed by atoms with Crippen LogP contribution in [0.3, 0.4) is 0 Å². The predicted molar refractivity (Wildman–Crippen MR) is 216 cm³/mol. The van der Waals surface area contributed by atoms with Crippen molar-refractivity contribution in [2.45, 2.75) is 0 Å². The molecule has 0 amide bonds. The number of benzene rings is 4. The topological polar surface area (TPSA) is 106 Å². The summed E-state index contributed by atoms with van der Waals surface area (Å²) in [6.07, 6.45) is 0. The van der Waals surface area contributed by atoms with Crippen molar-refractivity contribution in [3.63, 3.8) is 0 Å². The van der Waals surface area contributed by atoms with Gasteiger partial charge in [-0.15, -0.1) is 0 Å². The molecule has 7 aromatic rings. The van der Waals surface area contributed by atoms with Crippen LogP contribution in [-0.2, 0) is 17.1 Å². The Labute approximate surface area is 354 Å². The third-order valence-electron chi connectivity index (χ3n) is 7.77. The van der Waals surface area contributed by atoms with Gasteiger partial charge in [0.2, 0.25) is 0 Å². The molecule has 17 heteroatoms. The summed E-state index contributed by atoms with van der Waals surface area (Å²) in [7, 11) is 0. The van der Waals surface area contributed by atoms with Crippen LogP contribution in [0.25, 0.3) is 89.7 Å². The molecule has 243 valence electrons. The second-order valence-electron chi connectivity index (χ2n) is 10.7. The van der Waals surface area contributed by atoms with E-state index in [1.54, 1.807) is 0 Å². The Hall–Kier alpha value is -1.40. The van der Waals surface area contributed by atoms with Gasteiger partial charge in [-0.3, -0.25) is 0 Å². The summed E-state index contributed by atoms with van der Waals surface area (Å²) in [6.45, 7) is 0. The van der Waals surface area contributed by atoms with E-state index >= 15 is 0 Å². The minimum Gasteiger partial charge on any atom is -0.357 e. The average molecular weight is 1210 g/mol. The molecule has 1 radical (unpaired) electrons. The fourth-order valence-electron chi connectivity index (χ4n) is 5.84. The molecule has 0 saturated heterocycles. The van der Waals surface area contributed by atoms with Crippen LogP contribution in [0.4, 0.5) is 0 Å². The van der Waals surface area contributed by atoms with Crippen molar-refractivity contribution in [2.75, 3.05) is 0 Å². The summed E-state index contributed by atoms with van der Waals surface area (Å²) in [5.41, 5.74) is 4.95. The van der Waals surface area contributed by atoms with E-state index in [0.29, 0.717) is 45.9 Å². The van der Waals surface area contributed by atoms with Crippen LogP contribution in [0.5, 0.6) is 0 Å². The van der Waals surface area contributed by atoms with Crippen LogP contribution in [0.15, 0.2) is 84.3 Å². The smallest absolute Gasteiger partial charge is 0.357 e. The molecule has 0 atom stereocenters. The summed E-state index contributed by atoms with van der Waals surface area (Å²) >= 11 is 29.6. The van der Waals surface area contributed by atoms with E-state index in [9.17, 15) is 0 Å². The molecule has 0 fully saturated rings. The van der Waals surface area contributed by atoms with E-state index in [-0.39, 0.29) is 17.1 Å². The van der Waals surface area contributed by atoms with Gasteiger partial charge in [0.1, 0.15) is 0 Å². The number of hydrogen-bond acceptors (Lipinski definition) is 6. The Bertz CT molecular complexity index is 2610. The van der Waals surface area contributed by atoms with Crippen LogP contribution in [0.1, 0.15) is 0 Å². The van der Waals surface area contributed by atoms with Gasteiger partial charge in [-0.1, -0.05) is 127 Å². The number of fused-ring (bicyclic) bond motifs is 20. The Morgan fingerprint density at radius 3 is 1.12 bits per heavy atom. The number of aromatic nitrogens is 8. The molecule has 9 rings (SSSR count). The third kappa shape index (κ3) is 5.78. The van der Waals surface area contributed by atoms with Crippen LogP contribution in [0.2, 0.25) is 0 Å². The fourth-order valence-corrected chi connectivity index (χ4v) is 11.5. The van der Waals surface area contributed by atoms with Crippen LogP contribution in [-0.4, -0.2) is 29.9 Å². The maximum Gasteiger partial charge on any atom is 2.00 e. The zero-order chi connectivity index (χ0) is 33.2. The second kappa shape index (κ2) is 12.9. The molecule has 5 heterocycles. The van der Waals surface area contributed by atoms with Gasteiger partial charge in [-0.25, -0.2) is 9.97 Å². The van der Waals surface area contributed by atoms with E-state index < -0.39 is 0 Å². The Morgan fingerprint density at radius 2 is 0.714 bits per heavy atom. The van der Waals surface area contributed by atoms with Gasteiger partial charge in [0.25, 0.3) is 0 Å². The van der Waals surface area contributed by atoms with Crippen molar-refractivity contribution < 1.29 is 17.1 Å². The van der Waals surface area contributed by atoms with Crippen LogP contribution >= 0.6 is 127 Å². The first-order valence-electron chi connectivity index (χ1n) is 13.7. The minimum absolute atomic E-state index is 0. The summed E-state index contributed by atoms with van der Waals surface area (Å²) in [6, 6.07) is 15.7. The van der Waals surface area contributed by atoms with Crippen LogP contribution < -0.4 is 9.97 Å². The summed E-state index contributed by atoms with van der Waals surface area (Å²) in [5.74, 6) is 1.81. The summed E-state index contributed by atoms with van der Waals surface area (Å²) in [5, 5.41) is 3.14. The molecule has 49 heavy (non-hydrogen) atoms. The molecule has 0 spiro atoms. The van der Waals surface area contributed by atoms with Gasteiger partial charge in [0, 0.05) is 91.4 Å². The number of nitrogens with zero attached hydrogens (tertiary/aromatic N) is 8. The molecule has 8 bridgehead atoms. The SMILES string of the molecule is Brc1cc(Br)c2c(c1)-c1nc-2nc2[n-]c(nc3nc(nc4[n-]c(n1)c1c(Br)cc(Br)cc41)-c1c(Br)cc(Br)cc1-3)c1c(Br)cc(Br)cc21.[Cu+2]. The molecular formula is C32H8Br8CuN8. The Kier molecular flexibility index (Phi) is 9.14. The van der Waals surface area contributed by atoms with E-state index in [2.05, 4.69) is 127 Å². The fraction of sp³-hybridized carbons (Fsp3) is 0. The molecule has 4 aromatic carbocycles. The van der Waals surface area contributed by atoms with Crippen molar-refractivity contribution in [1.82, 2.24) is 39.9 Å². The minimum atomic E-state index is 0. The van der Waals surface area contributed by atoms with Gasteiger partial charge < -0.3 is 29.9 Å². The first kappa shape index (κ1) is 34.7. The van der Waals surface area contributed by atoms with Gasteiger partial charge >= 0.3 is 17.1 Å². The van der Waals surface area contributed by atoms with E-state index in [0.717, 1.165) is 79.6 Å². The summed E-state index contributed by atoms with van der Waals surface area (Å²) < 4.78 is 6.65. The zero-order valence-electron chi connectivity index (χ0n) is 23.5. The molecular weight excluding hydrogens is 1200 g/mol. The zero-order valence-corrected chi connectivity index (χ0v) is 37.2. The van der Waals surface area contributed by atoms with Gasteiger partial charge in [-0.2, -0.15) is 0 Å². The third-order valence-corrected chi connectivity index (χ3v) is 12.1. The monoisotopic (exact) mass is 1200 g/mol. The van der Waals surface area contributed by atoms with Crippen molar-refractivity contribution >= 4 is 172 Å². The van der Waals surface area contributed by atoms with E-state index in [4.69, 9.17) is 39.9 Å². The largest absolute Gasteiger partial charge is 2.00 e. The molecule has 2 aliphatic heterocycles. The van der Waals surface area contributed by atoms with E-state index in [1.165, 1.54) is 0 Å². The number of halogens is 8. The summed E-state index contributed by atoms with van der Waals surface area (Å²) in [4.78, 5) is 40.1. The van der Waals surface area contributed by atoms with Crippen molar-refractivity contribution in [1.29, 1.82) is 0 Å². The first-order valence-corrected chi connectivity index (χ1v) is 20.1. The van der Waals surface area contributed by atoms with Crippen LogP contribution in [0, 0.1) is 0 Å². The molecule has 0 unspecified atom stereocenters. The molecule has 0 aliphatic carbocycles. The molecule has 0 saturated carbocycles. The molecule has 3 aromatic heterocycles. The Balaban J connectivity index is 0.00000348. The molecule has 0 N–H and O–H groups in total. The molecule has 8 nitrogen and oxygen atoms in total. The standard InChI is InChI=1S/C32H8Br8N8.Cu/c33-9-1-13-21(17(37)5-9)29-41-25(13)45-30-22-14(2-10(34)6-18(22)38)27(42-30)47-32-24-16(4-12(36)8-20(24)40)28(44-32)48-31-23-15(26(43-31)46-29)3-11(35)7-19(23)39;/h1-8H;/q-2;+2. The Morgan fingerprint density at radius 1 is 0.367 bits per heavy atom.